The number of hydrogen-bond acceptors (Lipinski definition) is 8. The van der Waals surface area contributed by atoms with Crippen LogP contribution in [0.25, 0.3) is 10.9 Å². The smallest absolute Gasteiger partial charge is 0.246 e. The number of benzene rings is 3. The predicted octanol–water partition coefficient (Wildman–Crippen LogP) is 1.31. The van der Waals surface area contributed by atoms with E-state index in [1.807, 2.05) is 79.7 Å². The maximum absolute atomic E-state index is 14.7. The van der Waals surface area contributed by atoms with E-state index in [1.165, 1.54) is 0 Å². The van der Waals surface area contributed by atoms with Crippen LogP contribution in [0.1, 0.15) is 67.7 Å². The molecule has 1 aliphatic rings. The van der Waals surface area contributed by atoms with Crippen molar-refractivity contribution >= 4 is 52.3 Å². The Morgan fingerprint density at radius 2 is 1.53 bits per heavy atom. The number of unbranched alkanes of at least 4 members (excludes halogenated alkanes) is 1. The van der Waals surface area contributed by atoms with Gasteiger partial charge in [-0.05, 0) is 66.5 Å². The topological polar surface area (TPSA) is 278 Å². The van der Waals surface area contributed by atoms with Gasteiger partial charge in [0.15, 0.2) is 5.96 Å². The first-order valence-corrected chi connectivity index (χ1v) is 20.9. The van der Waals surface area contributed by atoms with Crippen LogP contribution < -0.4 is 48.5 Å². The lowest BCUT2D eigenvalue weighted by Gasteiger charge is -2.39. The Morgan fingerprint density at radius 1 is 0.823 bits per heavy atom. The SMILES string of the molecule is CCCCC(=O)N[C@]1(C(=O)N[C@H](Cc2ccccc2)C(=O)N[C@@H](CCCN=C(N)N)C(=O)N[C@@H](Cc2c[nH]c3ccccc23)C(=O)NCC(N)=O)CCc2c(cccc2OC)C1. The third-order valence-electron chi connectivity index (χ3n) is 11.0. The number of amides is 6. The van der Waals surface area contributed by atoms with Crippen molar-refractivity contribution in [1.29, 1.82) is 0 Å². The number of nitrogens with two attached hydrogens (primary N) is 3. The number of aromatic amines is 1. The Bertz CT molecular complexity index is 2240. The number of aliphatic imine (C=N–C) groups is 1. The molecule has 1 aromatic heterocycles. The number of para-hydroxylation sites is 1. The highest BCUT2D eigenvalue weighted by atomic mass is 16.5. The standard InChI is InChI=1S/C45H58N10O7/c1-3-4-19-39(57)55-45(21-20-32-29(25-45)14-10-18-37(32)62-2)43(61)54-35(23-28-12-6-5-7-13-28)42(60)52-34(17-11-22-49-44(47)48)41(59)53-36(40(58)51-27-38(46)56)24-30-26-50-33-16-9-8-15-31(30)33/h5-10,12-16,18,26,34-36,50H,3-4,11,17,19-25,27H2,1-2H3,(H2,46,56)(H,51,58)(H,52,60)(H,53,59)(H,54,61)(H,55,57)(H4,47,48,49)/t34-,35+,36-,45+/m0/s1. The number of H-pyrrole nitrogens is 1. The molecular weight excluding hydrogens is 793 g/mol. The van der Waals surface area contributed by atoms with Crippen LogP contribution in [0.15, 0.2) is 84.0 Å². The number of nitrogens with zero attached hydrogens (tertiary/aromatic N) is 1. The van der Waals surface area contributed by atoms with Crippen LogP contribution in [0.2, 0.25) is 0 Å². The molecule has 0 radical (unpaired) electrons. The fourth-order valence-electron chi connectivity index (χ4n) is 7.73. The summed E-state index contributed by atoms with van der Waals surface area (Å²) in [4.78, 5) is 89.3. The summed E-state index contributed by atoms with van der Waals surface area (Å²) >= 11 is 0. The minimum atomic E-state index is -1.40. The minimum absolute atomic E-state index is 0.0305. The van der Waals surface area contributed by atoms with Crippen LogP contribution in [0.4, 0.5) is 0 Å². The fourth-order valence-corrected chi connectivity index (χ4v) is 7.73. The first-order chi connectivity index (χ1) is 29.8. The molecule has 17 heteroatoms. The summed E-state index contributed by atoms with van der Waals surface area (Å²) in [7, 11) is 1.58. The lowest BCUT2D eigenvalue weighted by Crippen LogP contribution is -2.65. The van der Waals surface area contributed by atoms with Crippen molar-refractivity contribution in [2.45, 2.75) is 94.8 Å². The molecule has 0 saturated heterocycles. The van der Waals surface area contributed by atoms with E-state index in [-0.39, 0.29) is 63.4 Å². The molecule has 0 saturated carbocycles. The van der Waals surface area contributed by atoms with E-state index in [0.717, 1.165) is 39.6 Å². The molecule has 3 aromatic carbocycles. The quantitative estimate of drug-likeness (QED) is 0.0313. The molecule has 4 aromatic rings. The van der Waals surface area contributed by atoms with Gasteiger partial charge in [0.25, 0.3) is 0 Å². The summed E-state index contributed by atoms with van der Waals surface area (Å²) in [5.74, 6) is -3.11. The Balaban J connectivity index is 1.44. The van der Waals surface area contributed by atoms with Crippen molar-refractivity contribution in [3.8, 4) is 5.75 Å². The zero-order chi connectivity index (χ0) is 44.6. The number of ether oxygens (including phenoxy) is 1. The van der Waals surface area contributed by atoms with Gasteiger partial charge in [-0.2, -0.15) is 0 Å². The van der Waals surface area contributed by atoms with Crippen LogP contribution in [0.5, 0.6) is 5.75 Å². The number of primary amides is 1. The lowest BCUT2D eigenvalue weighted by atomic mass is 9.76. The highest BCUT2D eigenvalue weighted by Crippen LogP contribution is 2.35. The molecule has 5 rings (SSSR count). The number of nitrogens with one attached hydrogen (secondary N) is 6. The zero-order valence-electron chi connectivity index (χ0n) is 35.3. The average molecular weight is 851 g/mol. The van der Waals surface area contributed by atoms with Gasteiger partial charge in [-0.1, -0.05) is 74.0 Å². The molecule has 1 aliphatic carbocycles. The maximum atomic E-state index is 14.7. The Kier molecular flexibility index (Phi) is 16.4. The Hall–Kier alpha value is -6.91. The Morgan fingerprint density at radius 3 is 2.26 bits per heavy atom. The molecule has 0 unspecified atom stereocenters. The summed E-state index contributed by atoms with van der Waals surface area (Å²) < 4.78 is 5.61. The van der Waals surface area contributed by atoms with Gasteiger partial charge in [-0.3, -0.25) is 33.8 Å². The number of fused-ring (bicyclic) bond motifs is 2. The van der Waals surface area contributed by atoms with Gasteiger partial charge in [0, 0.05) is 49.3 Å². The van der Waals surface area contributed by atoms with Crippen molar-refractivity contribution in [2.75, 3.05) is 20.2 Å². The van der Waals surface area contributed by atoms with Crippen molar-refractivity contribution < 1.29 is 33.5 Å². The van der Waals surface area contributed by atoms with Crippen LogP contribution in [-0.2, 0) is 54.5 Å². The number of guanidine groups is 1. The summed E-state index contributed by atoms with van der Waals surface area (Å²) in [6.07, 6.45) is 4.59. The Labute approximate surface area is 360 Å². The molecule has 12 N–H and O–H groups in total. The molecule has 0 spiro atoms. The summed E-state index contributed by atoms with van der Waals surface area (Å²) in [6, 6.07) is 18.5. The van der Waals surface area contributed by atoms with E-state index < -0.39 is 59.7 Å². The van der Waals surface area contributed by atoms with Crippen LogP contribution in [0, 0.1) is 0 Å². The minimum Gasteiger partial charge on any atom is -0.496 e. The average Bonchev–Trinajstić information content (AvgIpc) is 3.67. The number of aromatic nitrogens is 1. The molecule has 4 atom stereocenters. The highest BCUT2D eigenvalue weighted by molar-refractivity contribution is 5.98. The van der Waals surface area contributed by atoms with Gasteiger partial charge in [-0.15, -0.1) is 0 Å². The first-order valence-electron chi connectivity index (χ1n) is 20.9. The predicted molar refractivity (Wildman–Crippen MR) is 235 cm³/mol. The molecule has 0 aliphatic heterocycles. The molecule has 62 heavy (non-hydrogen) atoms. The number of rotatable bonds is 22. The van der Waals surface area contributed by atoms with Gasteiger partial charge >= 0.3 is 0 Å². The van der Waals surface area contributed by atoms with Crippen molar-refractivity contribution in [3.63, 3.8) is 0 Å². The monoisotopic (exact) mass is 850 g/mol. The molecule has 17 nitrogen and oxygen atoms in total. The first kappa shape index (κ1) is 46.2. The van der Waals surface area contributed by atoms with E-state index in [0.29, 0.717) is 18.6 Å². The van der Waals surface area contributed by atoms with Gasteiger partial charge in [0.1, 0.15) is 29.4 Å². The maximum Gasteiger partial charge on any atom is 0.246 e. The van der Waals surface area contributed by atoms with Gasteiger partial charge < -0.3 is 53.5 Å². The largest absolute Gasteiger partial charge is 0.496 e. The highest BCUT2D eigenvalue weighted by Gasteiger charge is 2.44. The third kappa shape index (κ3) is 12.6. The summed E-state index contributed by atoms with van der Waals surface area (Å²) in [5.41, 5.74) is 19.1. The van der Waals surface area contributed by atoms with Gasteiger partial charge in [0.05, 0.1) is 13.7 Å². The molecule has 0 fully saturated rings. The number of methoxy groups -OCH3 is 1. The molecule has 6 amide bonds. The molecule has 0 bridgehead atoms. The second-order valence-corrected chi connectivity index (χ2v) is 15.5. The van der Waals surface area contributed by atoms with E-state index in [1.54, 1.807) is 13.3 Å². The summed E-state index contributed by atoms with van der Waals surface area (Å²) in [5, 5.41) is 14.9. The third-order valence-corrected chi connectivity index (χ3v) is 11.0. The second kappa shape index (κ2) is 22.1. The van der Waals surface area contributed by atoms with E-state index in [9.17, 15) is 28.8 Å². The van der Waals surface area contributed by atoms with E-state index in [4.69, 9.17) is 21.9 Å². The van der Waals surface area contributed by atoms with E-state index in [2.05, 4.69) is 36.6 Å². The number of carbonyl (C=O) groups is 6. The number of hydrogen-bond donors (Lipinski definition) is 9. The lowest BCUT2D eigenvalue weighted by molar-refractivity contribution is -0.137. The molecule has 330 valence electrons. The second-order valence-electron chi connectivity index (χ2n) is 15.5. The number of carbonyl (C=O) groups excluding carboxylic acids is 6. The van der Waals surface area contributed by atoms with Crippen molar-refractivity contribution in [1.82, 2.24) is 31.6 Å². The van der Waals surface area contributed by atoms with Crippen LogP contribution in [0.3, 0.4) is 0 Å². The van der Waals surface area contributed by atoms with Crippen LogP contribution >= 0.6 is 0 Å². The zero-order valence-corrected chi connectivity index (χ0v) is 35.3. The van der Waals surface area contributed by atoms with Crippen molar-refractivity contribution in [2.24, 2.45) is 22.2 Å². The van der Waals surface area contributed by atoms with Gasteiger partial charge in [0.2, 0.25) is 35.4 Å². The molecular formula is C45H58N10O7. The van der Waals surface area contributed by atoms with E-state index >= 15 is 0 Å². The van der Waals surface area contributed by atoms with Crippen LogP contribution in [-0.4, -0.2) is 90.3 Å². The normalized spacial score (nSPS) is 15.8. The summed E-state index contributed by atoms with van der Waals surface area (Å²) in [6.45, 7) is 1.65. The van der Waals surface area contributed by atoms with Crippen molar-refractivity contribution in [3.05, 3.63) is 101 Å². The molecule has 1 heterocycles. The fraction of sp³-hybridized carbons (Fsp3) is 0.400. The van der Waals surface area contributed by atoms with Gasteiger partial charge in [-0.25, -0.2) is 0 Å².